The molecule has 0 aromatic heterocycles. The van der Waals surface area contributed by atoms with Crippen molar-refractivity contribution in [2.75, 3.05) is 0 Å². The second-order valence-electron chi connectivity index (χ2n) is 3.39. The number of diazo groups is 1. The Morgan fingerprint density at radius 3 is 1.59 bits per heavy atom. The quantitative estimate of drug-likeness (QED) is 0.323. The average molecular weight is 460 g/mol. The summed E-state index contributed by atoms with van der Waals surface area (Å²) in [6.07, 6.45) is 0. The molecule has 0 saturated carbocycles. The minimum Gasteiger partial charge on any atom is -1.00 e. The van der Waals surface area contributed by atoms with Crippen molar-refractivity contribution in [3.05, 3.63) is 16.1 Å². The predicted octanol–water partition coefficient (Wildman–Crippen LogP) is -2.43. The van der Waals surface area contributed by atoms with E-state index in [4.69, 9.17) is 30.7 Å². The predicted molar refractivity (Wildman–Crippen MR) is 65.6 cm³/mol. The largest absolute Gasteiger partial charge is 1.00 e. The maximum atomic E-state index is 11.2. The number of hydrogen-bond donors (Lipinski definition) is 3. The Morgan fingerprint density at radius 2 is 1.32 bits per heavy atom. The fourth-order valence-electron chi connectivity index (χ4n) is 1.35. The van der Waals surface area contributed by atoms with Crippen molar-refractivity contribution in [1.82, 2.24) is 0 Å². The number of hydrogen-bond acceptors (Lipinski definition) is 7. The maximum Gasteiger partial charge on any atom is 0.428 e. The second-order valence-corrected chi connectivity index (χ2v) is 7.90. The fraction of sp³-hybridized carbons (Fsp3) is 0. The molecule has 0 fully saturated rings. The van der Waals surface area contributed by atoms with Crippen molar-refractivity contribution in [2.45, 2.75) is 14.7 Å². The Balaban J connectivity index is 0.00000441. The summed E-state index contributed by atoms with van der Waals surface area (Å²) in [7, 11) is -16.1. The van der Waals surface area contributed by atoms with Gasteiger partial charge in [0.1, 0.15) is 4.90 Å². The smallest absolute Gasteiger partial charge is 0.428 e. The number of halogens is 2. The maximum absolute atomic E-state index is 11.2. The van der Waals surface area contributed by atoms with E-state index in [9.17, 15) is 25.3 Å². The molecule has 0 heterocycles. The highest BCUT2D eigenvalue weighted by molar-refractivity contribution is 7.89. The van der Waals surface area contributed by atoms with Crippen molar-refractivity contribution >= 4 is 47.6 Å². The Bertz CT molecular complexity index is 977. The Kier molecular flexibility index (Phi) is 6.08. The Hall–Kier alpha value is -0.860. The molecule has 0 aliphatic carbocycles. The minimum absolute atomic E-state index is 0. The molecule has 11 nitrogen and oxygen atoms in total. The highest BCUT2D eigenvalue weighted by Gasteiger charge is 2.42. The van der Waals surface area contributed by atoms with Gasteiger partial charge in [0.15, 0.2) is 9.87 Å². The first kappa shape index (κ1) is 21.1. The van der Waals surface area contributed by atoms with E-state index in [0.717, 1.165) is 0 Å². The van der Waals surface area contributed by atoms with Gasteiger partial charge in [-0.25, -0.2) is 0 Å². The zero-order valence-corrected chi connectivity index (χ0v) is 14.5. The third kappa shape index (κ3) is 4.11. The highest BCUT2D eigenvalue weighted by atomic mass is 79.9. The van der Waals surface area contributed by atoms with E-state index in [1.807, 2.05) is 0 Å². The van der Waals surface area contributed by atoms with E-state index in [1.54, 1.807) is 0 Å². The molecule has 0 amide bonds. The molecule has 1 rings (SSSR count). The summed E-state index contributed by atoms with van der Waals surface area (Å²) in [5.74, 6) is 0. The number of nitrogens with zero attached hydrogens (tertiary/aromatic N) is 2. The van der Waals surface area contributed by atoms with Crippen LogP contribution in [0.5, 0.6) is 0 Å². The summed E-state index contributed by atoms with van der Waals surface area (Å²) < 4.78 is 93.4. The van der Waals surface area contributed by atoms with E-state index in [2.05, 4.69) is 4.98 Å². The summed E-state index contributed by atoms with van der Waals surface area (Å²) in [6, 6.07) is 0.212. The van der Waals surface area contributed by atoms with Gasteiger partial charge in [0.25, 0.3) is 10.1 Å². The number of rotatable bonds is 3. The zero-order valence-electron chi connectivity index (χ0n) is 9.74. The van der Waals surface area contributed by atoms with Gasteiger partial charge in [-0.1, -0.05) is 11.6 Å². The van der Waals surface area contributed by atoms with Gasteiger partial charge < -0.3 is 17.0 Å². The molecule has 1 aromatic rings. The first-order valence-electron chi connectivity index (χ1n) is 4.35. The summed E-state index contributed by atoms with van der Waals surface area (Å²) in [6.45, 7) is 0. The van der Waals surface area contributed by atoms with Crippen molar-refractivity contribution in [2.24, 2.45) is 0 Å². The van der Waals surface area contributed by atoms with Crippen LogP contribution < -0.4 is 17.0 Å². The molecule has 0 unspecified atom stereocenters. The highest BCUT2D eigenvalue weighted by Crippen LogP contribution is 2.41. The lowest BCUT2D eigenvalue weighted by molar-refractivity contribution is -0.0000167. The summed E-state index contributed by atoms with van der Waals surface area (Å²) in [4.78, 5) is -2.63. The number of benzene rings is 1. The van der Waals surface area contributed by atoms with Crippen molar-refractivity contribution < 1.29 is 55.9 Å². The normalized spacial score (nSPS) is 12.3. The molecular formula is C6H4BrClN2O9S3. The van der Waals surface area contributed by atoms with E-state index in [1.165, 1.54) is 0 Å². The Labute approximate surface area is 139 Å². The van der Waals surface area contributed by atoms with Crippen molar-refractivity contribution in [3.63, 3.8) is 0 Å². The van der Waals surface area contributed by atoms with Crippen LogP contribution >= 0.6 is 11.6 Å². The molecule has 124 valence electrons. The van der Waals surface area contributed by atoms with Gasteiger partial charge in [0.05, 0.1) is 5.02 Å². The van der Waals surface area contributed by atoms with Crippen LogP contribution in [0, 0.1) is 5.39 Å². The van der Waals surface area contributed by atoms with E-state index in [-0.39, 0.29) is 23.0 Å². The molecule has 0 aliphatic rings. The first-order valence-corrected chi connectivity index (χ1v) is 9.05. The van der Waals surface area contributed by atoms with Gasteiger partial charge in [-0.15, -0.1) is 0 Å². The fourth-order valence-corrected chi connectivity index (χ4v) is 4.69. The molecule has 0 radical (unpaired) electrons. The van der Waals surface area contributed by atoms with E-state index in [0.29, 0.717) is 0 Å². The topological polar surface area (TPSA) is 191 Å². The first-order chi connectivity index (χ1) is 9.21. The average Bonchev–Trinajstić information content (AvgIpc) is 2.23. The summed E-state index contributed by atoms with van der Waals surface area (Å²) in [5.41, 5.74) is -1.54. The molecule has 1 aromatic carbocycles. The van der Waals surface area contributed by atoms with Crippen LogP contribution in [0.15, 0.2) is 20.8 Å². The SMILES string of the molecule is N#[N+]c1c(S(=O)(=O)O)cc(Cl)c(S(=O)(=O)O)c1S(=O)(=O)O.[Br-]. The molecule has 0 aliphatic heterocycles. The molecule has 0 atom stereocenters. The zero-order chi connectivity index (χ0) is 16.8. The van der Waals surface area contributed by atoms with Crippen molar-refractivity contribution in [3.8, 4) is 0 Å². The molecular weight excluding hydrogens is 456 g/mol. The molecule has 3 N–H and O–H groups in total. The Morgan fingerprint density at radius 1 is 0.909 bits per heavy atom. The van der Waals surface area contributed by atoms with Gasteiger partial charge >= 0.3 is 25.9 Å². The monoisotopic (exact) mass is 458 g/mol. The van der Waals surface area contributed by atoms with Crippen LogP contribution in [-0.2, 0) is 30.4 Å². The molecule has 0 saturated heterocycles. The lowest BCUT2D eigenvalue weighted by Gasteiger charge is -2.06. The molecule has 0 spiro atoms. The van der Waals surface area contributed by atoms with Crippen LogP contribution in [-0.4, -0.2) is 38.9 Å². The summed E-state index contributed by atoms with van der Waals surface area (Å²) in [5, 5.41) is 7.50. The second kappa shape index (κ2) is 6.33. The van der Waals surface area contributed by atoms with Gasteiger partial charge in [0, 0.05) is 0 Å². The molecule has 16 heteroatoms. The lowest BCUT2D eigenvalue weighted by atomic mass is 10.3. The third-order valence-electron chi connectivity index (χ3n) is 2.02. The van der Waals surface area contributed by atoms with Gasteiger partial charge in [0.2, 0.25) is 10.3 Å². The third-order valence-corrected chi connectivity index (χ3v) is 5.28. The van der Waals surface area contributed by atoms with Crippen LogP contribution in [0.3, 0.4) is 0 Å². The lowest BCUT2D eigenvalue weighted by Crippen LogP contribution is -3.00. The molecule has 0 bridgehead atoms. The van der Waals surface area contributed by atoms with Crippen LogP contribution in [0.2, 0.25) is 5.02 Å². The van der Waals surface area contributed by atoms with Gasteiger partial charge in [-0.2, -0.15) is 25.3 Å². The van der Waals surface area contributed by atoms with Crippen LogP contribution in [0.25, 0.3) is 4.98 Å². The van der Waals surface area contributed by atoms with E-state index < -0.39 is 55.8 Å². The summed E-state index contributed by atoms with van der Waals surface area (Å²) >= 11 is 5.35. The standard InChI is InChI=1S/C6H3ClN2O9S3.BrH/c7-2-1-3(19(10,11)12)4(9-8)6(21(16,17)18)5(2)20(13,14)15;/h1H,(H2-,10,11,12,13,14,15,16,17,18);1H. The van der Waals surface area contributed by atoms with Crippen LogP contribution in [0.4, 0.5) is 5.69 Å². The van der Waals surface area contributed by atoms with E-state index >= 15 is 0 Å². The van der Waals surface area contributed by atoms with Gasteiger partial charge in [-0.3, -0.25) is 13.7 Å². The molecule has 22 heavy (non-hydrogen) atoms. The van der Waals surface area contributed by atoms with Crippen molar-refractivity contribution in [1.29, 1.82) is 5.39 Å². The minimum atomic E-state index is -5.52. The van der Waals surface area contributed by atoms with Gasteiger partial charge in [-0.05, 0) is 6.07 Å². The van der Waals surface area contributed by atoms with Crippen LogP contribution in [0.1, 0.15) is 0 Å².